The summed E-state index contributed by atoms with van der Waals surface area (Å²) in [4.78, 5) is 33.1. The fourth-order valence-corrected chi connectivity index (χ4v) is 2.63. The van der Waals surface area contributed by atoms with Gasteiger partial charge in [-0.3, -0.25) is 9.19 Å². The summed E-state index contributed by atoms with van der Waals surface area (Å²) in [6.45, 7) is 0. The molecule has 3 aromatic rings. The number of benzene rings is 1. The second-order valence-corrected chi connectivity index (χ2v) is 6.43. The van der Waals surface area contributed by atoms with Crippen molar-refractivity contribution in [3.8, 4) is 17.6 Å². The number of carbonyl (C=O) groups excluding carboxylic acids is 2. The van der Waals surface area contributed by atoms with Gasteiger partial charge in [0.1, 0.15) is 11.2 Å². The first-order valence-corrected chi connectivity index (χ1v) is 9.44. The van der Waals surface area contributed by atoms with Crippen LogP contribution in [0.15, 0.2) is 48.7 Å². The summed E-state index contributed by atoms with van der Waals surface area (Å²) < 4.78 is 31.6. The summed E-state index contributed by atoms with van der Waals surface area (Å²) in [7, 11) is 1.15. The molecule has 0 spiro atoms. The van der Waals surface area contributed by atoms with Gasteiger partial charge in [-0.25, -0.2) is 14.6 Å². The molecular weight excluding hydrogens is 396 g/mol. The monoisotopic (exact) mass is 409 g/mol. The average molecular weight is 409 g/mol. The van der Waals surface area contributed by atoms with Gasteiger partial charge in [-0.1, -0.05) is 24.1 Å². The van der Waals surface area contributed by atoms with E-state index in [1.54, 1.807) is 42.5 Å². The van der Waals surface area contributed by atoms with Gasteiger partial charge in [0, 0.05) is 11.6 Å². The fraction of sp³-hybridized carbons (Fsp3) is 0.100. The van der Waals surface area contributed by atoms with E-state index >= 15 is 0 Å². The van der Waals surface area contributed by atoms with Crippen molar-refractivity contribution in [2.45, 2.75) is 0 Å². The highest BCUT2D eigenvalue weighted by molar-refractivity contribution is 7.79. The van der Waals surface area contributed by atoms with Crippen LogP contribution in [0.1, 0.15) is 26.5 Å². The Morgan fingerprint density at radius 3 is 2.59 bits per heavy atom. The van der Waals surface area contributed by atoms with Crippen LogP contribution in [-0.2, 0) is 15.8 Å². The lowest BCUT2D eigenvalue weighted by Gasteiger charge is -2.12. The Kier molecular flexibility index (Phi) is 6.29. The number of fused-ring (bicyclic) bond motifs is 1. The van der Waals surface area contributed by atoms with Gasteiger partial charge in [-0.2, -0.15) is 0 Å². The van der Waals surface area contributed by atoms with Crippen LogP contribution >= 0.6 is 0 Å². The van der Waals surface area contributed by atoms with Crippen molar-refractivity contribution in [3.63, 3.8) is 0 Å². The number of pyridine rings is 2. The van der Waals surface area contributed by atoms with Gasteiger partial charge >= 0.3 is 11.9 Å². The van der Waals surface area contributed by atoms with E-state index < -0.39 is 28.8 Å². The zero-order chi connectivity index (χ0) is 20.8. The van der Waals surface area contributed by atoms with Crippen molar-refractivity contribution in [2.24, 2.45) is 0 Å². The zero-order valence-electron chi connectivity index (χ0n) is 15.1. The summed E-state index contributed by atoms with van der Waals surface area (Å²) in [5.41, 5.74) is 0.253. The molecule has 1 unspecified atom stereocenters. The smallest absolute Gasteiger partial charge is 0.360 e. The minimum Gasteiger partial charge on any atom is -0.772 e. The van der Waals surface area contributed by atoms with Crippen LogP contribution in [0, 0.1) is 11.8 Å². The molecule has 0 saturated heterocycles. The third kappa shape index (κ3) is 4.63. The maximum atomic E-state index is 12.5. The summed E-state index contributed by atoms with van der Waals surface area (Å²) in [6.07, 6.45) is 1.45. The van der Waals surface area contributed by atoms with Crippen molar-refractivity contribution in [3.05, 3.63) is 65.6 Å². The predicted molar refractivity (Wildman–Crippen MR) is 103 cm³/mol. The van der Waals surface area contributed by atoms with Gasteiger partial charge in [-0.15, -0.1) is 0 Å². The van der Waals surface area contributed by atoms with E-state index in [9.17, 15) is 18.4 Å². The number of nitrogens with zero attached hydrogens (tertiary/aromatic N) is 2. The van der Waals surface area contributed by atoms with Crippen LogP contribution in [0.2, 0.25) is 0 Å². The molecule has 0 aliphatic heterocycles. The molecule has 2 aromatic heterocycles. The Hall–Kier alpha value is -3.61. The number of ether oxygens (including phenoxy) is 2. The third-order valence-corrected chi connectivity index (χ3v) is 4.08. The van der Waals surface area contributed by atoms with Crippen molar-refractivity contribution >= 4 is 33.9 Å². The molecule has 0 radical (unpaired) electrons. The molecule has 1 atom stereocenters. The number of hydrogen-bond acceptors (Lipinski definition) is 8. The number of aromatic nitrogens is 2. The summed E-state index contributed by atoms with van der Waals surface area (Å²) in [5.74, 6) is 2.93. The molecule has 29 heavy (non-hydrogen) atoms. The Balaban J connectivity index is 2.17. The topological polar surface area (TPSA) is 119 Å². The summed E-state index contributed by atoms with van der Waals surface area (Å²) >= 11 is -2.35. The number of rotatable bonds is 4. The Morgan fingerprint density at radius 1 is 1.14 bits per heavy atom. The molecule has 0 N–H and O–H groups in total. The molecular formula is C20H13N2O6S-. The van der Waals surface area contributed by atoms with Gasteiger partial charge < -0.3 is 14.0 Å². The van der Waals surface area contributed by atoms with E-state index in [0.717, 1.165) is 7.11 Å². The SMILES string of the molecule is COC(=O)c1nc(C#CCS(=O)[O-])c2cccnc2c1OC(=O)c1ccccc1. The quantitative estimate of drug-likeness (QED) is 0.364. The Labute approximate surface area is 168 Å². The summed E-state index contributed by atoms with van der Waals surface area (Å²) in [6, 6.07) is 11.4. The highest BCUT2D eigenvalue weighted by Crippen LogP contribution is 2.30. The second kappa shape index (κ2) is 9.05. The number of hydrogen-bond donors (Lipinski definition) is 0. The minimum atomic E-state index is -2.35. The molecule has 0 aliphatic rings. The lowest BCUT2D eigenvalue weighted by molar-refractivity contribution is 0.0586. The first-order valence-electron chi connectivity index (χ1n) is 8.20. The average Bonchev–Trinajstić information content (AvgIpc) is 2.74. The first kappa shape index (κ1) is 20.1. The van der Waals surface area contributed by atoms with Gasteiger partial charge in [0.25, 0.3) is 0 Å². The van der Waals surface area contributed by atoms with Crippen LogP contribution in [0.25, 0.3) is 10.9 Å². The molecule has 0 aliphatic carbocycles. The minimum absolute atomic E-state index is 0.110. The number of carbonyl (C=O) groups is 2. The molecule has 2 heterocycles. The van der Waals surface area contributed by atoms with Gasteiger partial charge in [0.05, 0.1) is 18.4 Å². The largest absolute Gasteiger partial charge is 0.772 e. The van der Waals surface area contributed by atoms with Crippen molar-refractivity contribution in [1.82, 2.24) is 9.97 Å². The maximum absolute atomic E-state index is 12.5. The first-order chi connectivity index (χ1) is 14.0. The zero-order valence-corrected chi connectivity index (χ0v) is 15.9. The molecule has 9 heteroatoms. The van der Waals surface area contributed by atoms with Crippen LogP contribution < -0.4 is 4.74 Å². The third-order valence-electron chi connectivity index (χ3n) is 3.70. The van der Waals surface area contributed by atoms with Crippen molar-refractivity contribution in [1.29, 1.82) is 0 Å². The highest BCUT2D eigenvalue weighted by Gasteiger charge is 2.24. The predicted octanol–water partition coefficient (Wildman–Crippen LogP) is 1.87. The van der Waals surface area contributed by atoms with Crippen LogP contribution in [0.4, 0.5) is 0 Å². The van der Waals surface area contributed by atoms with E-state index in [-0.39, 0.29) is 28.2 Å². The molecule has 1 aromatic carbocycles. The Bertz CT molecular complexity index is 1170. The molecule has 0 saturated carbocycles. The van der Waals surface area contributed by atoms with Crippen molar-refractivity contribution < 1.29 is 27.8 Å². The fourth-order valence-electron chi connectivity index (χ4n) is 2.44. The van der Waals surface area contributed by atoms with Crippen LogP contribution in [-0.4, -0.2) is 43.5 Å². The number of methoxy groups -OCH3 is 1. The van der Waals surface area contributed by atoms with Crippen molar-refractivity contribution in [2.75, 3.05) is 12.9 Å². The summed E-state index contributed by atoms with van der Waals surface area (Å²) in [5, 5.41) is 0.389. The maximum Gasteiger partial charge on any atom is 0.360 e. The lowest BCUT2D eigenvalue weighted by Crippen LogP contribution is -2.15. The molecule has 0 amide bonds. The van der Waals surface area contributed by atoms with Gasteiger partial charge in [0.15, 0.2) is 11.4 Å². The normalized spacial score (nSPS) is 11.2. The lowest BCUT2D eigenvalue weighted by atomic mass is 10.1. The molecule has 0 bridgehead atoms. The Morgan fingerprint density at radius 2 is 1.90 bits per heavy atom. The van der Waals surface area contributed by atoms with E-state index in [4.69, 9.17) is 9.47 Å². The molecule has 0 fully saturated rings. The van der Waals surface area contributed by atoms with E-state index in [0.29, 0.717) is 5.39 Å². The van der Waals surface area contributed by atoms with Crippen LogP contribution in [0.5, 0.6) is 5.75 Å². The van der Waals surface area contributed by atoms with E-state index in [2.05, 4.69) is 21.8 Å². The molecule has 146 valence electrons. The van der Waals surface area contributed by atoms with Gasteiger partial charge in [-0.05, 0) is 41.3 Å². The van der Waals surface area contributed by atoms with E-state index in [1.807, 2.05) is 0 Å². The van der Waals surface area contributed by atoms with E-state index in [1.165, 1.54) is 6.20 Å². The molecule has 8 nitrogen and oxygen atoms in total. The molecule has 3 rings (SSSR count). The highest BCUT2D eigenvalue weighted by atomic mass is 32.2. The second-order valence-electron chi connectivity index (χ2n) is 5.53. The van der Waals surface area contributed by atoms with Crippen LogP contribution in [0.3, 0.4) is 0 Å². The van der Waals surface area contributed by atoms with Gasteiger partial charge in [0.2, 0.25) is 0 Å². The standard InChI is InChI=1S/C20H14N2O6S/c1-27-20(24)17-18(28-19(23)13-7-3-2-4-8-13)16-14(9-5-11-21-16)15(22-17)10-6-12-29(25)26/h2-5,7-9,11H,12H2,1H3,(H,25,26)/p-1. The number of esters is 2.